The normalized spacial score (nSPS) is 12.3. The molecule has 1 unspecified atom stereocenters. The van der Waals surface area contributed by atoms with Gasteiger partial charge in [0.05, 0.1) is 5.56 Å². The number of nitrogens with zero attached hydrogens (tertiary/aromatic N) is 3. The van der Waals surface area contributed by atoms with Crippen molar-refractivity contribution in [3.05, 3.63) is 77.9 Å². The second-order valence-corrected chi connectivity index (χ2v) is 9.93. The molecule has 186 valence electrons. The van der Waals surface area contributed by atoms with Crippen molar-refractivity contribution in [1.82, 2.24) is 15.0 Å². The molecule has 1 atom stereocenters. The molecule has 0 radical (unpaired) electrons. The van der Waals surface area contributed by atoms with Crippen LogP contribution in [0.5, 0.6) is 11.5 Å². The Morgan fingerprint density at radius 3 is 1.78 bits per heavy atom. The van der Waals surface area contributed by atoms with Crippen molar-refractivity contribution >= 4 is 10.1 Å². The Hall–Kier alpha value is -3.86. The number of hydrogen-bond donors (Lipinski definition) is 3. The topological polar surface area (TPSA) is 143 Å². The van der Waals surface area contributed by atoms with Gasteiger partial charge in [-0.1, -0.05) is 59.7 Å². The molecule has 0 aliphatic rings. The summed E-state index contributed by atoms with van der Waals surface area (Å²) in [5.74, 6) is 0.315. The number of phenols is 1. The highest BCUT2D eigenvalue weighted by molar-refractivity contribution is 7.85. The summed E-state index contributed by atoms with van der Waals surface area (Å²) in [5.41, 5.74) is 4.13. The maximum Gasteiger partial charge on any atom is 0.267 e. The minimum atomic E-state index is -4.34. The van der Waals surface area contributed by atoms with E-state index in [1.54, 1.807) is 6.07 Å². The second kappa shape index (κ2) is 10.4. The molecule has 4 aromatic rings. The van der Waals surface area contributed by atoms with Crippen molar-refractivity contribution in [1.29, 1.82) is 0 Å². The van der Waals surface area contributed by atoms with Gasteiger partial charge in [0.15, 0.2) is 17.5 Å². The quantitative estimate of drug-likeness (QED) is 0.303. The highest BCUT2D eigenvalue weighted by Crippen LogP contribution is 2.33. The van der Waals surface area contributed by atoms with E-state index < -0.39 is 22.0 Å². The summed E-state index contributed by atoms with van der Waals surface area (Å²) in [5, 5.41) is 20.4. The fourth-order valence-corrected chi connectivity index (χ4v) is 4.02. The number of ether oxygens (including phenoxy) is 1. The third-order valence-electron chi connectivity index (χ3n) is 5.31. The molecule has 9 nitrogen and oxygen atoms in total. The standard InChI is InChI=1S/C26H25N3O6S/c1-16-3-7-18(8-4-16)24-27-25(19-9-5-17(2)6-10-19)29-26(28-24)22-12-11-21(13-23(22)31)35-14-20(30)15-36(32,33)34/h3-13,20,30-31H,14-15H2,1-2H3,(H,32,33,34). The van der Waals surface area contributed by atoms with Crippen molar-refractivity contribution in [2.24, 2.45) is 0 Å². The van der Waals surface area contributed by atoms with E-state index >= 15 is 0 Å². The first-order valence-corrected chi connectivity index (χ1v) is 12.7. The third-order valence-corrected chi connectivity index (χ3v) is 6.12. The maximum absolute atomic E-state index is 10.9. The third kappa shape index (κ3) is 6.42. The van der Waals surface area contributed by atoms with Gasteiger partial charge in [0.2, 0.25) is 0 Å². The van der Waals surface area contributed by atoms with E-state index in [0.29, 0.717) is 17.2 Å². The molecule has 4 rings (SSSR count). The first-order valence-electron chi connectivity index (χ1n) is 11.1. The molecule has 0 aliphatic carbocycles. The average Bonchev–Trinajstić information content (AvgIpc) is 2.82. The summed E-state index contributed by atoms with van der Waals surface area (Å²) in [6, 6.07) is 19.9. The number of rotatable bonds is 8. The van der Waals surface area contributed by atoms with E-state index in [-0.39, 0.29) is 23.9 Å². The first-order chi connectivity index (χ1) is 17.1. The van der Waals surface area contributed by atoms with Gasteiger partial charge in [-0.2, -0.15) is 8.42 Å². The fraction of sp³-hybridized carbons (Fsp3) is 0.192. The summed E-state index contributed by atoms with van der Waals surface area (Å²) in [4.78, 5) is 13.8. The molecule has 0 amide bonds. The van der Waals surface area contributed by atoms with Gasteiger partial charge in [-0.15, -0.1) is 0 Å². The van der Waals surface area contributed by atoms with Crippen LogP contribution in [0.2, 0.25) is 0 Å². The summed E-state index contributed by atoms with van der Waals surface area (Å²) < 4.78 is 35.9. The van der Waals surface area contributed by atoms with E-state index in [1.807, 2.05) is 62.4 Å². The Morgan fingerprint density at radius 1 is 0.806 bits per heavy atom. The van der Waals surface area contributed by atoms with Crippen LogP contribution in [0.1, 0.15) is 11.1 Å². The number of aromatic nitrogens is 3. The number of aromatic hydroxyl groups is 1. The molecule has 0 spiro atoms. The molecule has 0 saturated heterocycles. The van der Waals surface area contributed by atoms with Crippen LogP contribution in [-0.4, -0.2) is 56.6 Å². The number of aliphatic hydroxyl groups is 1. The van der Waals surface area contributed by atoms with E-state index in [1.165, 1.54) is 12.1 Å². The zero-order valence-electron chi connectivity index (χ0n) is 19.7. The number of aliphatic hydroxyl groups excluding tert-OH is 1. The molecule has 1 aromatic heterocycles. The molecule has 3 N–H and O–H groups in total. The smallest absolute Gasteiger partial charge is 0.267 e. The molecular formula is C26H25N3O6S. The molecule has 10 heteroatoms. The largest absolute Gasteiger partial charge is 0.507 e. The van der Waals surface area contributed by atoms with Crippen LogP contribution < -0.4 is 4.74 Å². The Kier molecular flexibility index (Phi) is 7.30. The zero-order valence-corrected chi connectivity index (χ0v) is 20.5. The molecule has 0 fully saturated rings. The number of phenolic OH excluding ortho intramolecular Hbond substituents is 1. The fourth-order valence-electron chi connectivity index (χ4n) is 3.43. The summed E-state index contributed by atoms with van der Waals surface area (Å²) in [6.45, 7) is 3.59. The molecule has 0 aliphatic heterocycles. The van der Waals surface area contributed by atoms with Crippen LogP contribution in [0.15, 0.2) is 66.7 Å². The van der Waals surface area contributed by atoms with Gasteiger partial charge < -0.3 is 14.9 Å². The highest BCUT2D eigenvalue weighted by Gasteiger charge is 2.17. The van der Waals surface area contributed by atoms with Crippen molar-refractivity contribution in [2.75, 3.05) is 12.4 Å². The predicted molar refractivity (Wildman–Crippen MR) is 135 cm³/mol. The lowest BCUT2D eigenvalue weighted by Gasteiger charge is -2.13. The van der Waals surface area contributed by atoms with Crippen LogP contribution >= 0.6 is 0 Å². The molecule has 0 bridgehead atoms. The highest BCUT2D eigenvalue weighted by atomic mass is 32.2. The molecule has 1 heterocycles. The van der Waals surface area contributed by atoms with Crippen molar-refractivity contribution < 1.29 is 27.9 Å². The zero-order chi connectivity index (χ0) is 25.9. The Morgan fingerprint density at radius 2 is 1.31 bits per heavy atom. The summed E-state index contributed by atoms with van der Waals surface area (Å²) in [6.07, 6.45) is -1.43. The number of aryl methyl sites for hydroxylation is 2. The van der Waals surface area contributed by atoms with Crippen molar-refractivity contribution in [2.45, 2.75) is 20.0 Å². The van der Waals surface area contributed by atoms with Crippen LogP contribution in [0, 0.1) is 13.8 Å². The van der Waals surface area contributed by atoms with E-state index in [9.17, 15) is 18.6 Å². The second-order valence-electron chi connectivity index (χ2n) is 8.43. The van der Waals surface area contributed by atoms with Crippen LogP contribution in [0.3, 0.4) is 0 Å². The first kappa shape index (κ1) is 25.2. The lowest BCUT2D eigenvalue weighted by molar-refractivity contribution is 0.123. The monoisotopic (exact) mass is 507 g/mol. The van der Waals surface area contributed by atoms with Crippen molar-refractivity contribution in [3.8, 4) is 45.7 Å². The van der Waals surface area contributed by atoms with Crippen LogP contribution in [0.4, 0.5) is 0 Å². The average molecular weight is 508 g/mol. The summed E-state index contributed by atoms with van der Waals surface area (Å²) in [7, 11) is -4.34. The predicted octanol–water partition coefficient (Wildman–Crippen LogP) is 3.82. The van der Waals surface area contributed by atoms with Gasteiger partial charge in [0, 0.05) is 17.2 Å². The van der Waals surface area contributed by atoms with Gasteiger partial charge in [0.25, 0.3) is 10.1 Å². The lowest BCUT2D eigenvalue weighted by Crippen LogP contribution is -2.26. The molecule has 3 aromatic carbocycles. The Bertz CT molecular complexity index is 1410. The molecule has 0 saturated carbocycles. The Balaban J connectivity index is 1.69. The molecule has 36 heavy (non-hydrogen) atoms. The van der Waals surface area contributed by atoms with Gasteiger partial charge in [-0.25, -0.2) is 15.0 Å². The van der Waals surface area contributed by atoms with Crippen LogP contribution in [0.25, 0.3) is 34.2 Å². The number of benzene rings is 3. The molecular weight excluding hydrogens is 482 g/mol. The maximum atomic E-state index is 10.9. The number of hydrogen-bond acceptors (Lipinski definition) is 8. The van der Waals surface area contributed by atoms with E-state index in [4.69, 9.17) is 9.29 Å². The SMILES string of the molecule is Cc1ccc(-c2nc(-c3ccc(C)cc3)nc(-c3ccc(OCC(O)CS(=O)(=O)O)cc3O)n2)cc1. The van der Waals surface area contributed by atoms with Gasteiger partial charge >= 0.3 is 0 Å². The van der Waals surface area contributed by atoms with Gasteiger partial charge in [-0.3, -0.25) is 4.55 Å². The van der Waals surface area contributed by atoms with Crippen LogP contribution in [-0.2, 0) is 10.1 Å². The lowest BCUT2D eigenvalue weighted by atomic mass is 10.1. The van der Waals surface area contributed by atoms with E-state index in [0.717, 1.165) is 22.3 Å². The Labute approximate surface area is 208 Å². The van der Waals surface area contributed by atoms with Gasteiger partial charge in [-0.05, 0) is 26.0 Å². The van der Waals surface area contributed by atoms with Crippen molar-refractivity contribution in [3.63, 3.8) is 0 Å². The minimum absolute atomic E-state index is 0.173. The van der Waals surface area contributed by atoms with Gasteiger partial charge in [0.1, 0.15) is 30.0 Å². The minimum Gasteiger partial charge on any atom is -0.507 e. The van der Waals surface area contributed by atoms with E-state index in [2.05, 4.69) is 15.0 Å². The summed E-state index contributed by atoms with van der Waals surface area (Å²) >= 11 is 0.